The maximum Gasteiger partial charge on any atom is 0.183 e. The molecule has 0 saturated heterocycles. The van der Waals surface area contributed by atoms with E-state index in [1.165, 1.54) is 5.56 Å². The van der Waals surface area contributed by atoms with Crippen molar-refractivity contribution in [2.75, 3.05) is 7.11 Å². The summed E-state index contributed by atoms with van der Waals surface area (Å²) in [6.07, 6.45) is 0.910. The third kappa shape index (κ3) is 4.11. The molecule has 1 aromatic carbocycles. The minimum atomic E-state index is 0.328. The van der Waals surface area contributed by atoms with E-state index in [9.17, 15) is 0 Å². The van der Waals surface area contributed by atoms with Crippen molar-refractivity contribution in [3.63, 3.8) is 0 Å². The first-order valence-corrected chi connectivity index (χ1v) is 7.97. The van der Waals surface area contributed by atoms with Crippen LogP contribution in [0.3, 0.4) is 0 Å². The molecule has 0 saturated carbocycles. The average Bonchev–Trinajstić information content (AvgIpc) is 2.76. The van der Waals surface area contributed by atoms with E-state index < -0.39 is 0 Å². The number of rotatable bonds is 6. The zero-order chi connectivity index (χ0) is 14.5. The van der Waals surface area contributed by atoms with Gasteiger partial charge in [-0.1, -0.05) is 18.2 Å². The highest BCUT2D eigenvalue weighted by Crippen LogP contribution is 2.26. The number of hydrogen-bond donors (Lipinski definition) is 1. The largest absolute Gasteiger partial charge is 0.496 e. The third-order valence-electron chi connectivity index (χ3n) is 3.04. The van der Waals surface area contributed by atoms with E-state index in [1.54, 1.807) is 7.11 Å². The van der Waals surface area contributed by atoms with Crippen LogP contribution in [0.1, 0.15) is 18.2 Å². The van der Waals surface area contributed by atoms with Crippen LogP contribution >= 0.6 is 31.9 Å². The third-order valence-corrected chi connectivity index (χ3v) is 4.75. The van der Waals surface area contributed by atoms with Crippen LogP contribution in [0.4, 0.5) is 0 Å². The molecule has 2 aromatic rings. The van der Waals surface area contributed by atoms with Gasteiger partial charge >= 0.3 is 0 Å². The van der Waals surface area contributed by atoms with Crippen molar-refractivity contribution in [3.05, 3.63) is 50.8 Å². The molecule has 0 aliphatic heterocycles. The standard InChI is InChI=1S/C15H17Br2NO2/c1-10(7-11-5-3-4-6-14(11)19-2)18-9-12-8-13(16)15(17)20-12/h3-6,8,10,18H,7,9H2,1-2H3. The van der Waals surface area contributed by atoms with Crippen molar-refractivity contribution in [2.45, 2.75) is 25.9 Å². The fourth-order valence-electron chi connectivity index (χ4n) is 2.03. The lowest BCUT2D eigenvalue weighted by Gasteiger charge is -2.15. The first-order valence-electron chi connectivity index (χ1n) is 6.39. The van der Waals surface area contributed by atoms with Crippen LogP contribution in [0.2, 0.25) is 0 Å². The molecule has 0 radical (unpaired) electrons. The van der Waals surface area contributed by atoms with Crippen LogP contribution in [0, 0.1) is 0 Å². The van der Waals surface area contributed by atoms with Crippen molar-refractivity contribution in [1.29, 1.82) is 0 Å². The lowest BCUT2D eigenvalue weighted by molar-refractivity contribution is 0.403. The van der Waals surface area contributed by atoms with Crippen LogP contribution < -0.4 is 10.1 Å². The van der Waals surface area contributed by atoms with Crippen molar-refractivity contribution in [1.82, 2.24) is 5.32 Å². The summed E-state index contributed by atoms with van der Waals surface area (Å²) >= 11 is 6.75. The predicted octanol–water partition coefficient (Wildman–Crippen LogP) is 4.53. The minimum Gasteiger partial charge on any atom is -0.496 e. The monoisotopic (exact) mass is 401 g/mol. The average molecular weight is 403 g/mol. The maximum atomic E-state index is 5.54. The molecule has 5 heteroatoms. The van der Waals surface area contributed by atoms with Crippen molar-refractivity contribution < 1.29 is 9.15 Å². The summed E-state index contributed by atoms with van der Waals surface area (Å²) in [4.78, 5) is 0. The molecule has 3 nitrogen and oxygen atoms in total. The lowest BCUT2D eigenvalue weighted by atomic mass is 10.1. The second-order valence-corrected chi connectivity index (χ2v) is 6.21. The van der Waals surface area contributed by atoms with Crippen LogP contribution in [0.25, 0.3) is 0 Å². The quantitative estimate of drug-likeness (QED) is 0.770. The van der Waals surface area contributed by atoms with Gasteiger partial charge in [-0.25, -0.2) is 0 Å². The van der Waals surface area contributed by atoms with Crippen molar-refractivity contribution in [3.8, 4) is 5.75 Å². The second kappa shape index (κ2) is 7.29. The maximum absolute atomic E-state index is 5.54. The van der Waals surface area contributed by atoms with E-state index in [0.717, 1.165) is 27.1 Å². The van der Waals surface area contributed by atoms with Gasteiger partial charge in [-0.3, -0.25) is 0 Å². The van der Waals surface area contributed by atoms with Gasteiger partial charge in [0.1, 0.15) is 11.5 Å². The van der Waals surface area contributed by atoms with Gasteiger partial charge in [0.15, 0.2) is 4.67 Å². The lowest BCUT2D eigenvalue weighted by Crippen LogP contribution is -2.27. The second-order valence-electron chi connectivity index (χ2n) is 4.63. The Morgan fingerprint density at radius 1 is 1.30 bits per heavy atom. The van der Waals surface area contributed by atoms with Gasteiger partial charge < -0.3 is 14.5 Å². The Morgan fingerprint density at radius 3 is 2.70 bits per heavy atom. The molecule has 1 unspecified atom stereocenters. The highest BCUT2D eigenvalue weighted by atomic mass is 79.9. The Bertz CT molecular complexity index is 549. The summed E-state index contributed by atoms with van der Waals surface area (Å²) in [5.74, 6) is 1.83. The molecule has 1 heterocycles. The number of halogens is 2. The summed E-state index contributed by atoms with van der Waals surface area (Å²) in [5.41, 5.74) is 1.21. The fourth-order valence-corrected chi connectivity index (χ4v) is 2.69. The van der Waals surface area contributed by atoms with E-state index in [-0.39, 0.29) is 0 Å². The number of methoxy groups -OCH3 is 1. The van der Waals surface area contributed by atoms with Gasteiger partial charge in [0.25, 0.3) is 0 Å². The molecule has 0 bridgehead atoms. The van der Waals surface area contributed by atoms with Gasteiger partial charge in [-0.05, 0) is 62.9 Å². The highest BCUT2D eigenvalue weighted by molar-refractivity contribution is 9.13. The summed E-state index contributed by atoms with van der Waals surface area (Å²) in [7, 11) is 1.70. The van der Waals surface area contributed by atoms with Gasteiger partial charge in [-0.15, -0.1) is 0 Å². The Morgan fingerprint density at radius 2 is 2.05 bits per heavy atom. The molecule has 1 aromatic heterocycles. The summed E-state index contributed by atoms with van der Waals surface area (Å²) < 4.78 is 12.6. The normalized spacial score (nSPS) is 12.4. The van der Waals surface area contributed by atoms with Gasteiger partial charge in [0.2, 0.25) is 0 Å². The fraction of sp³-hybridized carbons (Fsp3) is 0.333. The zero-order valence-electron chi connectivity index (χ0n) is 11.5. The van der Waals surface area contributed by atoms with Crippen LogP contribution in [0.15, 0.2) is 43.9 Å². The number of furan rings is 1. The van der Waals surface area contributed by atoms with Gasteiger partial charge in [-0.2, -0.15) is 0 Å². The first kappa shape index (κ1) is 15.6. The van der Waals surface area contributed by atoms with E-state index in [2.05, 4.69) is 50.2 Å². The smallest absolute Gasteiger partial charge is 0.183 e. The number of hydrogen-bond acceptors (Lipinski definition) is 3. The molecule has 1 N–H and O–H groups in total. The topological polar surface area (TPSA) is 34.4 Å². The molecular weight excluding hydrogens is 386 g/mol. The molecule has 2 rings (SSSR count). The number of ether oxygens (including phenoxy) is 1. The minimum absolute atomic E-state index is 0.328. The molecule has 1 atom stereocenters. The molecule has 0 spiro atoms. The molecule has 0 amide bonds. The Kier molecular flexibility index (Phi) is 5.69. The van der Waals surface area contributed by atoms with Crippen molar-refractivity contribution in [2.24, 2.45) is 0 Å². The number of nitrogens with one attached hydrogen (secondary N) is 1. The van der Waals surface area contributed by atoms with E-state index in [0.29, 0.717) is 12.6 Å². The molecule has 0 aliphatic rings. The Hall–Kier alpha value is -0.780. The number of benzene rings is 1. The van der Waals surface area contributed by atoms with Crippen LogP contribution in [-0.2, 0) is 13.0 Å². The van der Waals surface area contributed by atoms with Crippen LogP contribution in [-0.4, -0.2) is 13.2 Å². The summed E-state index contributed by atoms with van der Waals surface area (Å²) in [6, 6.07) is 10.4. The van der Waals surface area contributed by atoms with Gasteiger partial charge in [0, 0.05) is 6.04 Å². The number of para-hydroxylation sites is 1. The molecule has 0 aliphatic carbocycles. The van der Waals surface area contributed by atoms with E-state index >= 15 is 0 Å². The molecule has 0 fully saturated rings. The molecular formula is C15H17Br2NO2. The van der Waals surface area contributed by atoms with E-state index in [4.69, 9.17) is 9.15 Å². The SMILES string of the molecule is COc1ccccc1CC(C)NCc1cc(Br)c(Br)o1. The van der Waals surface area contributed by atoms with Crippen LogP contribution in [0.5, 0.6) is 5.75 Å². The van der Waals surface area contributed by atoms with Gasteiger partial charge in [0.05, 0.1) is 18.1 Å². The first-order chi connectivity index (χ1) is 9.60. The summed E-state index contributed by atoms with van der Waals surface area (Å²) in [5, 5.41) is 3.45. The summed E-state index contributed by atoms with van der Waals surface area (Å²) in [6.45, 7) is 2.85. The highest BCUT2D eigenvalue weighted by Gasteiger charge is 2.10. The zero-order valence-corrected chi connectivity index (χ0v) is 14.6. The predicted molar refractivity (Wildman–Crippen MR) is 87.1 cm³/mol. The molecule has 20 heavy (non-hydrogen) atoms. The Labute approximate surface area is 136 Å². The molecule has 108 valence electrons. The van der Waals surface area contributed by atoms with Crippen molar-refractivity contribution >= 4 is 31.9 Å². The Balaban J connectivity index is 1.90. The van der Waals surface area contributed by atoms with E-state index in [1.807, 2.05) is 24.3 Å².